The van der Waals surface area contributed by atoms with Crippen LogP contribution in [-0.2, 0) is 9.53 Å². The zero-order valence-electron chi connectivity index (χ0n) is 16.5. The lowest BCUT2D eigenvalue weighted by Crippen LogP contribution is -2.25. The molecule has 0 radical (unpaired) electrons. The van der Waals surface area contributed by atoms with Crippen LogP contribution in [-0.4, -0.2) is 30.5 Å². The van der Waals surface area contributed by atoms with Crippen LogP contribution in [0.15, 0.2) is 84.9 Å². The third-order valence-electron chi connectivity index (χ3n) is 4.84. The molecule has 148 valence electrons. The summed E-state index contributed by atoms with van der Waals surface area (Å²) in [6, 6.07) is 27.3. The van der Waals surface area contributed by atoms with Crippen molar-refractivity contribution in [1.82, 2.24) is 10.3 Å². The number of carbonyl (C=O) groups is 2. The van der Waals surface area contributed by atoms with Gasteiger partial charge in [-0.1, -0.05) is 72.8 Å². The minimum Gasteiger partial charge on any atom is -0.452 e. The summed E-state index contributed by atoms with van der Waals surface area (Å²) in [5, 5.41) is 3.12. The maximum Gasteiger partial charge on any atom is 0.339 e. The van der Waals surface area contributed by atoms with Gasteiger partial charge in [-0.15, -0.1) is 0 Å². The molecule has 0 aliphatic carbocycles. The SMILES string of the molecule is CNC(=O)COC(=O)c1cc(-c2ccc(-c3ccccc3)cc2)nc2ccccc12. The molecule has 4 aromatic rings. The molecule has 1 aromatic heterocycles. The normalized spacial score (nSPS) is 10.6. The van der Waals surface area contributed by atoms with Crippen molar-refractivity contribution in [3.8, 4) is 22.4 Å². The number of esters is 1. The Labute approximate surface area is 174 Å². The fourth-order valence-electron chi connectivity index (χ4n) is 3.24. The number of pyridine rings is 1. The van der Waals surface area contributed by atoms with Crippen molar-refractivity contribution in [3.05, 3.63) is 90.5 Å². The zero-order valence-corrected chi connectivity index (χ0v) is 16.5. The highest BCUT2D eigenvalue weighted by Gasteiger charge is 2.16. The van der Waals surface area contributed by atoms with E-state index in [0.717, 1.165) is 16.7 Å². The number of hydrogen-bond donors (Lipinski definition) is 1. The highest BCUT2D eigenvalue weighted by Crippen LogP contribution is 2.27. The summed E-state index contributed by atoms with van der Waals surface area (Å²) in [7, 11) is 1.50. The lowest BCUT2D eigenvalue weighted by Gasteiger charge is -2.10. The van der Waals surface area contributed by atoms with Gasteiger partial charge in [-0.25, -0.2) is 9.78 Å². The Balaban J connectivity index is 1.71. The Morgan fingerprint density at radius 1 is 0.833 bits per heavy atom. The number of hydrogen-bond acceptors (Lipinski definition) is 4. The van der Waals surface area contributed by atoms with E-state index < -0.39 is 5.97 Å². The summed E-state index contributed by atoms with van der Waals surface area (Å²) in [6.45, 7) is -0.326. The zero-order chi connectivity index (χ0) is 20.9. The van der Waals surface area contributed by atoms with Gasteiger partial charge in [0.05, 0.1) is 16.8 Å². The molecule has 1 heterocycles. The first kappa shape index (κ1) is 19.3. The Morgan fingerprint density at radius 2 is 1.47 bits per heavy atom. The lowest BCUT2D eigenvalue weighted by atomic mass is 10.0. The Bertz CT molecular complexity index is 1200. The Kier molecular flexibility index (Phi) is 5.52. The molecule has 1 amide bonds. The lowest BCUT2D eigenvalue weighted by molar-refractivity contribution is -0.123. The monoisotopic (exact) mass is 396 g/mol. The molecule has 0 unspecified atom stereocenters. The molecule has 5 heteroatoms. The number of nitrogens with one attached hydrogen (secondary N) is 1. The second-order valence-electron chi connectivity index (χ2n) is 6.76. The Hall–Kier alpha value is -3.99. The number of nitrogens with zero attached hydrogens (tertiary/aromatic N) is 1. The molecule has 0 atom stereocenters. The van der Waals surface area contributed by atoms with Gasteiger partial charge in [-0.2, -0.15) is 0 Å². The minimum absolute atomic E-state index is 0.326. The maximum absolute atomic E-state index is 12.7. The third kappa shape index (κ3) is 4.05. The van der Waals surface area contributed by atoms with Gasteiger partial charge in [0, 0.05) is 18.0 Å². The molecule has 0 saturated carbocycles. The van der Waals surface area contributed by atoms with Crippen LogP contribution < -0.4 is 5.32 Å². The largest absolute Gasteiger partial charge is 0.452 e. The van der Waals surface area contributed by atoms with Crippen LogP contribution in [0.4, 0.5) is 0 Å². The van der Waals surface area contributed by atoms with Crippen molar-refractivity contribution in [2.45, 2.75) is 0 Å². The number of aromatic nitrogens is 1. The van der Waals surface area contributed by atoms with E-state index in [1.165, 1.54) is 7.05 Å². The van der Waals surface area contributed by atoms with Crippen LogP contribution in [0.25, 0.3) is 33.3 Å². The predicted molar refractivity (Wildman–Crippen MR) is 117 cm³/mol. The summed E-state index contributed by atoms with van der Waals surface area (Å²) < 4.78 is 5.18. The van der Waals surface area contributed by atoms with E-state index in [2.05, 4.69) is 17.4 Å². The van der Waals surface area contributed by atoms with E-state index in [-0.39, 0.29) is 12.5 Å². The summed E-state index contributed by atoms with van der Waals surface area (Å²) in [5.74, 6) is -0.919. The van der Waals surface area contributed by atoms with Crippen LogP contribution in [0.1, 0.15) is 10.4 Å². The summed E-state index contributed by atoms with van der Waals surface area (Å²) >= 11 is 0. The van der Waals surface area contributed by atoms with Crippen molar-refractivity contribution < 1.29 is 14.3 Å². The molecule has 3 aromatic carbocycles. The molecular weight excluding hydrogens is 376 g/mol. The van der Waals surface area contributed by atoms with Gasteiger partial charge >= 0.3 is 5.97 Å². The molecule has 5 nitrogen and oxygen atoms in total. The highest BCUT2D eigenvalue weighted by molar-refractivity contribution is 6.05. The average Bonchev–Trinajstić information content (AvgIpc) is 2.82. The van der Waals surface area contributed by atoms with Crippen molar-refractivity contribution in [2.75, 3.05) is 13.7 Å². The van der Waals surface area contributed by atoms with E-state index in [9.17, 15) is 9.59 Å². The van der Waals surface area contributed by atoms with Crippen LogP contribution in [0, 0.1) is 0 Å². The molecule has 30 heavy (non-hydrogen) atoms. The summed E-state index contributed by atoms with van der Waals surface area (Å²) in [6.07, 6.45) is 0. The summed E-state index contributed by atoms with van der Waals surface area (Å²) in [5.41, 5.74) is 4.86. The molecule has 0 aliphatic rings. The van der Waals surface area contributed by atoms with Gasteiger partial charge in [0.25, 0.3) is 5.91 Å². The van der Waals surface area contributed by atoms with Crippen LogP contribution >= 0.6 is 0 Å². The van der Waals surface area contributed by atoms with E-state index in [1.807, 2.05) is 66.7 Å². The molecule has 0 aliphatic heterocycles. The van der Waals surface area contributed by atoms with E-state index in [1.54, 1.807) is 6.07 Å². The Morgan fingerprint density at radius 3 is 2.20 bits per heavy atom. The van der Waals surface area contributed by atoms with Crippen molar-refractivity contribution in [1.29, 1.82) is 0 Å². The quantitative estimate of drug-likeness (QED) is 0.505. The molecule has 1 N–H and O–H groups in total. The van der Waals surface area contributed by atoms with Gasteiger partial charge in [-0.05, 0) is 23.3 Å². The maximum atomic E-state index is 12.7. The minimum atomic E-state index is -0.556. The first-order valence-electron chi connectivity index (χ1n) is 9.59. The fraction of sp³-hybridized carbons (Fsp3) is 0.0800. The topological polar surface area (TPSA) is 68.3 Å². The van der Waals surface area contributed by atoms with Crippen molar-refractivity contribution >= 4 is 22.8 Å². The van der Waals surface area contributed by atoms with Crippen molar-refractivity contribution in [2.24, 2.45) is 0 Å². The van der Waals surface area contributed by atoms with Crippen LogP contribution in [0.3, 0.4) is 0 Å². The number of amides is 1. The third-order valence-corrected chi connectivity index (χ3v) is 4.84. The van der Waals surface area contributed by atoms with Gasteiger partial charge in [-0.3, -0.25) is 4.79 Å². The number of rotatable bonds is 5. The van der Waals surface area contributed by atoms with E-state index in [4.69, 9.17) is 9.72 Å². The number of likely N-dealkylation sites (N-methyl/N-ethyl adjacent to an activating group) is 1. The molecule has 0 saturated heterocycles. The van der Waals surface area contributed by atoms with Crippen LogP contribution in [0.5, 0.6) is 0 Å². The van der Waals surface area contributed by atoms with Crippen LogP contribution in [0.2, 0.25) is 0 Å². The number of carbonyl (C=O) groups excluding carboxylic acids is 2. The standard InChI is InChI=1S/C25H20N2O3/c1-26-24(28)16-30-25(29)21-15-23(27-22-10-6-5-9-20(21)22)19-13-11-18(12-14-19)17-7-3-2-4-8-17/h2-15H,16H2,1H3,(H,26,28). The number of ether oxygens (including phenoxy) is 1. The fourth-order valence-corrected chi connectivity index (χ4v) is 3.24. The van der Waals surface area contributed by atoms with E-state index in [0.29, 0.717) is 22.2 Å². The van der Waals surface area contributed by atoms with Gasteiger partial charge in [0.2, 0.25) is 0 Å². The molecule has 0 spiro atoms. The number of para-hydroxylation sites is 1. The van der Waals surface area contributed by atoms with Gasteiger partial charge < -0.3 is 10.1 Å². The van der Waals surface area contributed by atoms with E-state index >= 15 is 0 Å². The smallest absolute Gasteiger partial charge is 0.339 e. The average molecular weight is 396 g/mol. The van der Waals surface area contributed by atoms with Gasteiger partial charge in [0.1, 0.15) is 0 Å². The second kappa shape index (κ2) is 8.57. The molecule has 0 fully saturated rings. The first-order valence-corrected chi connectivity index (χ1v) is 9.59. The van der Waals surface area contributed by atoms with Gasteiger partial charge in [0.15, 0.2) is 6.61 Å². The predicted octanol–water partition coefficient (Wildman–Crippen LogP) is 4.47. The number of benzene rings is 3. The molecule has 0 bridgehead atoms. The second-order valence-corrected chi connectivity index (χ2v) is 6.76. The summed E-state index contributed by atoms with van der Waals surface area (Å²) in [4.78, 5) is 28.8. The number of fused-ring (bicyclic) bond motifs is 1. The molecular formula is C25H20N2O3. The first-order chi connectivity index (χ1) is 14.7. The highest BCUT2D eigenvalue weighted by atomic mass is 16.5. The molecule has 4 rings (SSSR count). The van der Waals surface area contributed by atoms with Crippen molar-refractivity contribution in [3.63, 3.8) is 0 Å².